The number of hydrogen-bond acceptors (Lipinski definition) is 11. The van der Waals surface area contributed by atoms with E-state index in [1.807, 2.05) is 0 Å². The molecule has 63 heavy (non-hydrogen) atoms. The fourth-order valence-corrected chi connectivity index (χ4v) is 7.99. The maximum atomic E-state index is 13.1. The second kappa shape index (κ2) is 39.2. The molecule has 14 heteroatoms. The van der Waals surface area contributed by atoms with Gasteiger partial charge in [-0.15, -0.1) is 0 Å². The summed E-state index contributed by atoms with van der Waals surface area (Å²) in [6.45, 7) is 3.18. The van der Waals surface area contributed by atoms with Crippen LogP contribution in [-0.4, -0.2) is 107 Å². The number of amides is 1. The zero-order valence-corrected chi connectivity index (χ0v) is 39.8. The van der Waals surface area contributed by atoms with Gasteiger partial charge in [0, 0.05) is 0 Å². The van der Waals surface area contributed by atoms with Crippen LogP contribution >= 0.6 is 0 Å². The first kappa shape index (κ1) is 59.0. The average Bonchev–Trinajstić information content (AvgIpc) is 3.25. The van der Waals surface area contributed by atoms with E-state index in [4.69, 9.17) is 9.47 Å². The molecule has 1 aliphatic rings. The van der Waals surface area contributed by atoms with Crippen LogP contribution in [0.25, 0.3) is 0 Å². The average molecular weight is 916 g/mol. The monoisotopic (exact) mass is 916 g/mol. The van der Waals surface area contributed by atoms with Crippen LogP contribution in [-0.2, 0) is 28.9 Å². The molecule has 368 valence electrons. The Bertz CT molecular complexity index is 1330. The van der Waals surface area contributed by atoms with Crippen molar-refractivity contribution in [3.8, 4) is 0 Å². The molecule has 8 atom stereocenters. The minimum atomic E-state index is -5.13. The quantitative estimate of drug-likeness (QED) is 0.0174. The fraction of sp³-hybridized carbons (Fsp3) is 0.816. The molecule has 0 bridgehead atoms. The summed E-state index contributed by atoms with van der Waals surface area (Å²) in [6.07, 6.45) is 36.2. The molecule has 1 amide bonds. The van der Waals surface area contributed by atoms with Crippen molar-refractivity contribution >= 4 is 16.3 Å². The Morgan fingerprint density at radius 2 is 1.06 bits per heavy atom. The Hall–Kier alpha value is -1.98. The van der Waals surface area contributed by atoms with E-state index >= 15 is 0 Å². The molecule has 1 aliphatic heterocycles. The smallest absolute Gasteiger partial charge is 0.394 e. The lowest BCUT2D eigenvalue weighted by atomic mass is 9.99. The number of allylic oxidation sites excluding steroid dienone is 7. The number of hydrogen-bond donors (Lipinski definition) is 7. The van der Waals surface area contributed by atoms with E-state index in [0.717, 1.165) is 57.8 Å². The second-order valence-electron chi connectivity index (χ2n) is 17.2. The van der Waals surface area contributed by atoms with E-state index in [1.165, 1.54) is 109 Å². The lowest BCUT2D eigenvalue weighted by molar-refractivity contribution is -0.298. The zero-order chi connectivity index (χ0) is 46.4. The van der Waals surface area contributed by atoms with E-state index in [9.17, 15) is 43.3 Å². The molecule has 0 aromatic carbocycles. The van der Waals surface area contributed by atoms with Crippen molar-refractivity contribution in [2.24, 2.45) is 0 Å². The lowest BCUT2D eigenvalue weighted by Gasteiger charge is -2.41. The van der Waals surface area contributed by atoms with Gasteiger partial charge in [0.05, 0.1) is 25.4 Å². The Labute approximate surface area is 381 Å². The molecule has 0 aromatic heterocycles. The summed E-state index contributed by atoms with van der Waals surface area (Å²) in [5.74, 6) is -0.726. The number of aliphatic hydroxyl groups is 5. The summed E-state index contributed by atoms with van der Waals surface area (Å²) in [4.78, 5) is 13.1. The predicted molar refractivity (Wildman–Crippen MR) is 251 cm³/mol. The number of ether oxygens (including phenoxy) is 2. The first-order valence-electron chi connectivity index (χ1n) is 24.6. The molecule has 1 fully saturated rings. The number of carbonyl (C=O) groups excluding carboxylic acids is 1. The van der Waals surface area contributed by atoms with Crippen molar-refractivity contribution in [2.45, 2.75) is 243 Å². The number of rotatable bonds is 41. The highest BCUT2D eigenvalue weighted by Crippen LogP contribution is 2.26. The third-order valence-corrected chi connectivity index (χ3v) is 11.9. The molecule has 1 saturated heterocycles. The number of unbranched alkanes of at least 4 members (excludes halogenated alkanes) is 22. The van der Waals surface area contributed by atoms with Crippen LogP contribution in [0.2, 0.25) is 0 Å². The Morgan fingerprint density at radius 3 is 1.52 bits per heavy atom. The molecule has 1 heterocycles. The van der Waals surface area contributed by atoms with E-state index in [2.05, 4.69) is 59.8 Å². The topological polar surface area (TPSA) is 212 Å². The van der Waals surface area contributed by atoms with Gasteiger partial charge < -0.3 is 40.3 Å². The van der Waals surface area contributed by atoms with Gasteiger partial charge in [0.2, 0.25) is 5.91 Å². The van der Waals surface area contributed by atoms with Crippen LogP contribution in [0.3, 0.4) is 0 Å². The van der Waals surface area contributed by atoms with Gasteiger partial charge >= 0.3 is 10.4 Å². The summed E-state index contributed by atoms with van der Waals surface area (Å²) in [7, 11) is -5.13. The van der Waals surface area contributed by atoms with Crippen molar-refractivity contribution < 1.29 is 57.0 Å². The van der Waals surface area contributed by atoms with Crippen LogP contribution in [0, 0.1) is 0 Å². The molecule has 0 spiro atoms. The zero-order valence-electron chi connectivity index (χ0n) is 39.0. The molecule has 1 rings (SSSR count). The van der Waals surface area contributed by atoms with E-state index < -0.39 is 78.5 Å². The van der Waals surface area contributed by atoms with Crippen molar-refractivity contribution in [3.63, 3.8) is 0 Å². The largest absolute Gasteiger partial charge is 0.397 e. The third-order valence-electron chi connectivity index (χ3n) is 11.4. The van der Waals surface area contributed by atoms with Gasteiger partial charge in [-0.3, -0.25) is 9.35 Å². The first-order chi connectivity index (χ1) is 30.4. The van der Waals surface area contributed by atoms with E-state index in [-0.39, 0.29) is 6.42 Å². The Morgan fingerprint density at radius 1 is 0.635 bits per heavy atom. The van der Waals surface area contributed by atoms with Crippen molar-refractivity contribution in [1.29, 1.82) is 0 Å². The molecule has 0 aliphatic carbocycles. The van der Waals surface area contributed by atoms with Gasteiger partial charge in [-0.2, -0.15) is 8.42 Å². The van der Waals surface area contributed by atoms with Crippen LogP contribution in [0.15, 0.2) is 48.6 Å². The Kier molecular flexibility index (Phi) is 36.7. The third kappa shape index (κ3) is 31.6. The summed E-state index contributed by atoms with van der Waals surface area (Å²) in [5.41, 5.74) is 0. The first-order valence-corrected chi connectivity index (χ1v) is 26.0. The van der Waals surface area contributed by atoms with Gasteiger partial charge in [-0.1, -0.05) is 172 Å². The summed E-state index contributed by atoms with van der Waals surface area (Å²) in [5, 5.41) is 55.2. The molecule has 0 aromatic rings. The number of carbonyl (C=O) groups is 1. The maximum Gasteiger partial charge on any atom is 0.397 e. The predicted octanol–water partition coefficient (Wildman–Crippen LogP) is 9.02. The van der Waals surface area contributed by atoms with E-state index in [1.54, 1.807) is 6.08 Å². The number of nitrogens with one attached hydrogen (secondary N) is 1. The van der Waals surface area contributed by atoms with Crippen molar-refractivity contribution in [2.75, 3.05) is 13.2 Å². The summed E-state index contributed by atoms with van der Waals surface area (Å²) < 4.78 is 47.5. The molecule has 7 N–H and O–H groups in total. The normalized spacial score (nSPS) is 21.3. The molecule has 0 radical (unpaired) electrons. The highest BCUT2D eigenvalue weighted by Gasteiger charge is 2.48. The van der Waals surface area contributed by atoms with Gasteiger partial charge in [0.1, 0.15) is 30.5 Å². The highest BCUT2D eigenvalue weighted by molar-refractivity contribution is 7.80. The standard InChI is InChI=1S/C49H89NO12S/c1-3-5-7-9-11-13-15-17-19-20-21-22-24-25-27-29-31-33-35-37-42(52)41(40-60-49-46(55)47(62-63(57,58)59)45(54)44(39-51)61-49)50-48(56)43(53)38-36-34-32-30-28-26-23-18-16-14-12-10-8-6-4-2/h21-23,26-27,29,35,37,41-47,49,51-55H,3-20,24-25,28,30-34,36,38-40H2,1-2H3,(H,50,56)(H,57,58,59)/b22-21+,26-23-,29-27+,37-35+. The van der Waals surface area contributed by atoms with Gasteiger partial charge in [-0.25, -0.2) is 4.18 Å². The molecular formula is C49H89NO12S. The van der Waals surface area contributed by atoms with Gasteiger partial charge in [0.25, 0.3) is 0 Å². The molecule has 8 unspecified atom stereocenters. The van der Waals surface area contributed by atoms with Crippen molar-refractivity contribution in [3.05, 3.63) is 48.6 Å². The maximum absolute atomic E-state index is 13.1. The van der Waals surface area contributed by atoms with E-state index in [0.29, 0.717) is 12.8 Å². The van der Waals surface area contributed by atoms with Crippen LogP contribution < -0.4 is 5.32 Å². The highest BCUT2D eigenvalue weighted by atomic mass is 32.3. The molecule has 13 nitrogen and oxygen atoms in total. The summed E-state index contributed by atoms with van der Waals surface area (Å²) in [6, 6.07) is -1.15. The van der Waals surface area contributed by atoms with Gasteiger partial charge in [-0.05, 0) is 70.6 Å². The number of aliphatic hydroxyl groups excluding tert-OH is 5. The fourth-order valence-electron chi connectivity index (χ4n) is 7.49. The van der Waals surface area contributed by atoms with Gasteiger partial charge in [0.15, 0.2) is 6.29 Å². The minimum absolute atomic E-state index is 0.218. The lowest BCUT2D eigenvalue weighted by Crippen LogP contribution is -2.61. The van der Waals surface area contributed by atoms with Crippen LogP contribution in [0.4, 0.5) is 0 Å². The minimum Gasteiger partial charge on any atom is -0.394 e. The molecule has 0 saturated carbocycles. The second-order valence-corrected chi connectivity index (χ2v) is 18.2. The molecular weight excluding hydrogens is 827 g/mol. The Balaban J connectivity index is 2.61. The van der Waals surface area contributed by atoms with Crippen LogP contribution in [0.5, 0.6) is 0 Å². The van der Waals surface area contributed by atoms with Crippen LogP contribution in [0.1, 0.15) is 194 Å². The van der Waals surface area contributed by atoms with Crippen molar-refractivity contribution in [1.82, 2.24) is 5.32 Å². The summed E-state index contributed by atoms with van der Waals surface area (Å²) >= 11 is 0. The SMILES string of the molecule is CCCCCCCCC/C=C\CCCCCCC(O)C(=O)NC(COC1OC(CO)C(O)C(OS(=O)(=O)O)C1O)C(O)/C=C/CC/C=C/CC/C=C/CCCCCCCCCCC.